The Morgan fingerprint density at radius 2 is 1.16 bits per heavy atom. The van der Waals surface area contributed by atoms with Gasteiger partial charge in [0, 0.05) is 33.4 Å². The predicted octanol–water partition coefficient (Wildman–Crippen LogP) is 3.34. The van der Waals surface area contributed by atoms with Crippen molar-refractivity contribution in [2.24, 2.45) is 0 Å². The molecule has 0 N–H and O–H groups in total. The van der Waals surface area contributed by atoms with E-state index in [1.165, 1.54) is 57.2 Å². The number of benzene rings is 2. The molecular formula is C20H16O5. The first-order chi connectivity index (χ1) is 11.8. The number of carbonyl (C=O) groups excluding carboxylic acids is 5. The van der Waals surface area contributed by atoms with Crippen LogP contribution in [0.15, 0.2) is 36.4 Å². The van der Waals surface area contributed by atoms with Gasteiger partial charge in [0.2, 0.25) is 0 Å². The van der Waals surface area contributed by atoms with E-state index in [0.717, 1.165) is 0 Å². The highest BCUT2D eigenvalue weighted by Gasteiger charge is 2.17. The quantitative estimate of drug-likeness (QED) is 0.596. The van der Waals surface area contributed by atoms with Crippen molar-refractivity contribution in [3.8, 4) is 0 Å². The second-order valence-corrected chi connectivity index (χ2v) is 5.68. The summed E-state index contributed by atoms with van der Waals surface area (Å²) in [4.78, 5) is 58.7. The molecule has 0 bridgehead atoms. The Labute approximate surface area is 144 Å². The molecule has 0 aromatic heterocycles. The second kappa shape index (κ2) is 7.13. The van der Waals surface area contributed by atoms with E-state index in [1.807, 2.05) is 0 Å². The summed E-state index contributed by atoms with van der Waals surface area (Å²) in [5.74, 6) is -1.26. The van der Waals surface area contributed by atoms with Gasteiger partial charge in [-0.1, -0.05) is 12.1 Å². The van der Waals surface area contributed by atoms with Crippen molar-refractivity contribution in [3.63, 3.8) is 0 Å². The number of hydrogen-bond acceptors (Lipinski definition) is 5. The molecule has 2 rings (SSSR count). The van der Waals surface area contributed by atoms with Crippen molar-refractivity contribution < 1.29 is 24.0 Å². The van der Waals surface area contributed by atoms with Gasteiger partial charge in [-0.3, -0.25) is 24.0 Å². The van der Waals surface area contributed by atoms with Crippen LogP contribution < -0.4 is 0 Å². The molecule has 0 saturated heterocycles. The minimum Gasteiger partial charge on any atom is -0.298 e. The molecule has 0 fully saturated rings. The third-order valence-corrected chi connectivity index (χ3v) is 3.86. The van der Waals surface area contributed by atoms with E-state index in [9.17, 15) is 24.0 Å². The molecule has 0 aliphatic rings. The number of ketones is 4. The van der Waals surface area contributed by atoms with E-state index in [0.29, 0.717) is 6.29 Å². The molecule has 0 unspecified atom stereocenters. The molecule has 0 heterocycles. The van der Waals surface area contributed by atoms with Crippen LogP contribution in [0.1, 0.15) is 78.1 Å². The zero-order chi connectivity index (χ0) is 18.7. The average Bonchev–Trinajstić information content (AvgIpc) is 2.59. The van der Waals surface area contributed by atoms with Crippen LogP contribution in [-0.4, -0.2) is 29.4 Å². The average molecular weight is 336 g/mol. The Bertz CT molecular complexity index is 922. The summed E-state index contributed by atoms with van der Waals surface area (Å²) in [5, 5.41) is 0. The summed E-state index contributed by atoms with van der Waals surface area (Å²) in [6, 6.07) is 8.51. The van der Waals surface area contributed by atoms with Gasteiger partial charge in [0.05, 0.1) is 0 Å². The van der Waals surface area contributed by atoms with Crippen molar-refractivity contribution in [3.05, 3.63) is 69.8 Å². The Hall–Kier alpha value is -3.21. The van der Waals surface area contributed by atoms with Gasteiger partial charge < -0.3 is 0 Å². The molecule has 0 aliphatic heterocycles. The SMILES string of the molecule is CC(=O)c1ccc(C(=O)c2ccc(C(C)=O)c(C(C)=O)c2)cc1C=O. The maximum Gasteiger partial charge on any atom is 0.193 e. The lowest BCUT2D eigenvalue weighted by molar-refractivity contribution is 0.0979. The molecule has 2 aromatic carbocycles. The first-order valence-corrected chi connectivity index (χ1v) is 7.57. The van der Waals surface area contributed by atoms with Crippen molar-refractivity contribution in [2.75, 3.05) is 0 Å². The van der Waals surface area contributed by atoms with Crippen LogP contribution in [0.3, 0.4) is 0 Å². The van der Waals surface area contributed by atoms with Gasteiger partial charge in [-0.2, -0.15) is 0 Å². The number of hydrogen-bond donors (Lipinski definition) is 0. The standard InChI is InChI=1S/C20H16O5/c1-11(22)17-6-4-14(8-16(17)10-21)20(25)15-5-7-18(12(2)23)19(9-15)13(3)24/h4-10H,1-3H3. The fourth-order valence-corrected chi connectivity index (χ4v) is 2.57. The monoisotopic (exact) mass is 336 g/mol. The van der Waals surface area contributed by atoms with E-state index in [1.54, 1.807) is 0 Å². The molecule has 0 radical (unpaired) electrons. The topological polar surface area (TPSA) is 85.3 Å². The Balaban J connectivity index is 2.53. The summed E-state index contributed by atoms with van der Waals surface area (Å²) in [7, 11) is 0. The van der Waals surface area contributed by atoms with Gasteiger partial charge in [-0.05, 0) is 45.0 Å². The zero-order valence-electron chi connectivity index (χ0n) is 14.1. The van der Waals surface area contributed by atoms with E-state index in [4.69, 9.17) is 0 Å². The summed E-state index contributed by atoms with van der Waals surface area (Å²) >= 11 is 0. The number of carbonyl (C=O) groups is 5. The Morgan fingerprint density at radius 3 is 1.64 bits per heavy atom. The van der Waals surface area contributed by atoms with Crippen LogP contribution in [-0.2, 0) is 0 Å². The van der Waals surface area contributed by atoms with Crippen LogP contribution in [0.4, 0.5) is 0 Å². The highest BCUT2D eigenvalue weighted by molar-refractivity contribution is 6.14. The summed E-state index contributed by atoms with van der Waals surface area (Å²) in [5.41, 5.74) is 1.24. The lowest BCUT2D eigenvalue weighted by Gasteiger charge is -2.08. The van der Waals surface area contributed by atoms with Gasteiger partial charge in [0.15, 0.2) is 29.4 Å². The van der Waals surface area contributed by atoms with E-state index < -0.39 is 5.78 Å². The Kier molecular flexibility index (Phi) is 5.17. The third-order valence-electron chi connectivity index (χ3n) is 3.86. The van der Waals surface area contributed by atoms with Gasteiger partial charge in [0.25, 0.3) is 0 Å². The Morgan fingerprint density at radius 1 is 0.680 bits per heavy atom. The van der Waals surface area contributed by atoms with Crippen LogP contribution in [0, 0.1) is 0 Å². The molecule has 2 aromatic rings. The van der Waals surface area contributed by atoms with Gasteiger partial charge >= 0.3 is 0 Å². The van der Waals surface area contributed by atoms with Gasteiger partial charge in [-0.25, -0.2) is 0 Å². The first-order valence-electron chi connectivity index (χ1n) is 7.57. The summed E-state index contributed by atoms with van der Waals surface area (Å²) in [6.07, 6.45) is 0.521. The molecule has 25 heavy (non-hydrogen) atoms. The minimum atomic E-state index is -0.407. The third kappa shape index (κ3) is 3.66. The van der Waals surface area contributed by atoms with Crippen molar-refractivity contribution in [1.82, 2.24) is 0 Å². The fraction of sp³-hybridized carbons (Fsp3) is 0.150. The van der Waals surface area contributed by atoms with Crippen molar-refractivity contribution >= 4 is 29.4 Å². The van der Waals surface area contributed by atoms with Crippen LogP contribution in [0.25, 0.3) is 0 Å². The molecule has 0 amide bonds. The zero-order valence-corrected chi connectivity index (χ0v) is 14.1. The molecule has 0 aliphatic carbocycles. The number of rotatable bonds is 6. The lowest BCUT2D eigenvalue weighted by Crippen LogP contribution is -2.09. The van der Waals surface area contributed by atoms with Crippen molar-refractivity contribution in [2.45, 2.75) is 20.8 Å². The minimum absolute atomic E-state index is 0.130. The predicted molar refractivity (Wildman–Crippen MR) is 91.7 cm³/mol. The van der Waals surface area contributed by atoms with E-state index in [2.05, 4.69) is 0 Å². The maximum atomic E-state index is 12.7. The van der Waals surface area contributed by atoms with Crippen LogP contribution >= 0.6 is 0 Å². The number of Topliss-reactive ketones (excluding diaryl/α,β-unsaturated/α-hetero) is 3. The maximum absolute atomic E-state index is 12.7. The van der Waals surface area contributed by atoms with Crippen LogP contribution in [0.2, 0.25) is 0 Å². The summed E-state index contributed by atoms with van der Waals surface area (Å²) in [6.45, 7) is 4.01. The second-order valence-electron chi connectivity index (χ2n) is 5.68. The number of aldehydes is 1. The molecule has 126 valence electrons. The lowest BCUT2D eigenvalue weighted by atomic mass is 9.93. The molecular weight excluding hydrogens is 320 g/mol. The van der Waals surface area contributed by atoms with Gasteiger partial charge in [-0.15, -0.1) is 0 Å². The van der Waals surface area contributed by atoms with E-state index in [-0.39, 0.29) is 50.7 Å². The highest BCUT2D eigenvalue weighted by Crippen LogP contribution is 2.19. The largest absolute Gasteiger partial charge is 0.298 e. The molecule has 0 spiro atoms. The van der Waals surface area contributed by atoms with Crippen molar-refractivity contribution in [1.29, 1.82) is 0 Å². The molecule has 0 atom stereocenters. The fourth-order valence-electron chi connectivity index (χ4n) is 2.57. The van der Waals surface area contributed by atoms with Gasteiger partial charge in [0.1, 0.15) is 0 Å². The normalized spacial score (nSPS) is 10.2. The first kappa shape index (κ1) is 18.1. The molecule has 0 saturated carbocycles. The smallest absolute Gasteiger partial charge is 0.193 e. The van der Waals surface area contributed by atoms with E-state index >= 15 is 0 Å². The summed E-state index contributed by atoms with van der Waals surface area (Å²) < 4.78 is 0. The highest BCUT2D eigenvalue weighted by atomic mass is 16.1. The van der Waals surface area contributed by atoms with Crippen LogP contribution in [0.5, 0.6) is 0 Å². The molecule has 5 heteroatoms. The molecule has 5 nitrogen and oxygen atoms in total.